The molecule has 3 aromatic rings. The second-order valence-electron chi connectivity index (χ2n) is 7.66. The van der Waals surface area contributed by atoms with Crippen LogP contribution in [-0.4, -0.2) is 45.2 Å². The van der Waals surface area contributed by atoms with Gasteiger partial charge in [0.25, 0.3) is 11.8 Å². The summed E-state index contributed by atoms with van der Waals surface area (Å²) >= 11 is 0. The number of ether oxygens (including phenoxy) is 4. The Balaban J connectivity index is 1.47. The Kier molecular flexibility index (Phi) is 7.15. The zero-order valence-corrected chi connectivity index (χ0v) is 19.3. The highest BCUT2D eigenvalue weighted by atomic mass is 16.5. The molecule has 0 fully saturated rings. The Morgan fingerprint density at radius 1 is 1.00 bits per heavy atom. The Labute approximate surface area is 202 Å². The topological polar surface area (TPSA) is 103 Å². The molecule has 3 aromatic carbocycles. The van der Waals surface area contributed by atoms with Crippen LogP contribution < -0.4 is 24.4 Å². The average Bonchev–Trinajstić information content (AvgIpc) is 2.89. The minimum absolute atomic E-state index is 0.107. The van der Waals surface area contributed by atoms with Crippen LogP contribution in [-0.2, 0) is 20.9 Å². The molecular formula is C26H24N2O7. The van der Waals surface area contributed by atoms with Gasteiger partial charge in [-0.1, -0.05) is 18.2 Å². The second kappa shape index (κ2) is 10.6. The van der Waals surface area contributed by atoms with Crippen LogP contribution in [0.25, 0.3) is 0 Å². The number of carbonyl (C=O) groups excluding carboxylic acids is 3. The van der Waals surface area contributed by atoms with E-state index in [9.17, 15) is 14.4 Å². The van der Waals surface area contributed by atoms with E-state index in [-0.39, 0.29) is 31.6 Å². The van der Waals surface area contributed by atoms with Gasteiger partial charge in [-0.3, -0.25) is 9.59 Å². The molecule has 0 aromatic heterocycles. The molecule has 0 aliphatic carbocycles. The fourth-order valence-corrected chi connectivity index (χ4v) is 3.59. The maximum absolute atomic E-state index is 12.7. The fourth-order valence-electron chi connectivity index (χ4n) is 3.59. The zero-order chi connectivity index (χ0) is 24.8. The highest BCUT2D eigenvalue weighted by molar-refractivity contribution is 5.99. The molecule has 0 atom stereocenters. The van der Waals surface area contributed by atoms with Gasteiger partial charge in [0, 0.05) is 11.8 Å². The number of carbonyl (C=O) groups is 3. The van der Waals surface area contributed by atoms with E-state index in [2.05, 4.69) is 5.32 Å². The lowest BCUT2D eigenvalue weighted by Gasteiger charge is -2.30. The van der Waals surface area contributed by atoms with Crippen molar-refractivity contribution in [3.8, 4) is 17.2 Å². The Morgan fingerprint density at radius 2 is 1.80 bits per heavy atom. The minimum atomic E-state index is -0.457. The summed E-state index contributed by atoms with van der Waals surface area (Å²) in [5.74, 6) is 0.573. The lowest BCUT2D eigenvalue weighted by atomic mass is 10.1. The SMILES string of the molecule is COC(=O)c1cccc(CN2C(=O)COc3ccc(NC(=O)COc4cccc(OC)c4)cc32)c1. The van der Waals surface area contributed by atoms with Crippen molar-refractivity contribution in [2.24, 2.45) is 0 Å². The Morgan fingerprint density at radius 3 is 2.60 bits per heavy atom. The predicted molar refractivity (Wildman–Crippen MR) is 128 cm³/mol. The maximum Gasteiger partial charge on any atom is 0.337 e. The molecule has 1 N–H and O–H groups in total. The largest absolute Gasteiger partial charge is 0.497 e. The molecule has 180 valence electrons. The lowest BCUT2D eigenvalue weighted by Crippen LogP contribution is -2.38. The van der Waals surface area contributed by atoms with Crippen molar-refractivity contribution in [2.75, 3.05) is 37.7 Å². The summed E-state index contributed by atoms with van der Waals surface area (Å²) in [6.07, 6.45) is 0. The third-order valence-electron chi connectivity index (χ3n) is 5.29. The van der Waals surface area contributed by atoms with Crippen LogP contribution in [0.15, 0.2) is 66.7 Å². The first-order valence-corrected chi connectivity index (χ1v) is 10.8. The number of nitrogens with zero attached hydrogens (tertiary/aromatic N) is 1. The standard InChI is InChI=1S/C26H24N2O7/c1-32-20-7-4-8-21(13-20)34-15-24(29)27-19-9-10-23-22(12-19)28(25(30)16-35-23)14-17-5-3-6-18(11-17)26(31)33-2/h3-13H,14-16H2,1-2H3,(H,27,29). The smallest absolute Gasteiger partial charge is 0.337 e. The first-order valence-electron chi connectivity index (χ1n) is 10.8. The molecule has 9 heteroatoms. The number of nitrogens with one attached hydrogen (secondary N) is 1. The van der Waals surface area contributed by atoms with Crippen LogP contribution in [0.3, 0.4) is 0 Å². The van der Waals surface area contributed by atoms with Gasteiger partial charge in [0.05, 0.1) is 32.0 Å². The second-order valence-corrected chi connectivity index (χ2v) is 7.66. The van der Waals surface area contributed by atoms with Crippen LogP contribution in [0.5, 0.6) is 17.2 Å². The number of esters is 1. The van der Waals surface area contributed by atoms with E-state index < -0.39 is 5.97 Å². The highest BCUT2D eigenvalue weighted by Crippen LogP contribution is 2.35. The summed E-state index contributed by atoms with van der Waals surface area (Å²) in [6.45, 7) is -0.0934. The van der Waals surface area contributed by atoms with E-state index in [0.29, 0.717) is 34.2 Å². The number of amides is 2. The molecule has 4 rings (SSSR count). The molecule has 1 aliphatic rings. The molecule has 0 saturated carbocycles. The van der Waals surface area contributed by atoms with Crippen molar-refractivity contribution in [3.63, 3.8) is 0 Å². The summed E-state index contributed by atoms with van der Waals surface area (Å²) in [5, 5.41) is 2.77. The van der Waals surface area contributed by atoms with Crippen molar-refractivity contribution >= 4 is 29.2 Å². The Bertz CT molecular complexity index is 1260. The quantitative estimate of drug-likeness (QED) is 0.497. The van der Waals surface area contributed by atoms with E-state index in [1.54, 1.807) is 72.7 Å². The lowest BCUT2D eigenvalue weighted by molar-refractivity contribution is -0.121. The Hall–Kier alpha value is -4.53. The number of fused-ring (bicyclic) bond motifs is 1. The number of benzene rings is 3. The molecule has 35 heavy (non-hydrogen) atoms. The van der Waals surface area contributed by atoms with Gasteiger partial charge in [-0.2, -0.15) is 0 Å². The van der Waals surface area contributed by atoms with E-state index >= 15 is 0 Å². The van der Waals surface area contributed by atoms with Gasteiger partial charge in [0.2, 0.25) is 0 Å². The number of rotatable bonds is 8. The third kappa shape index (κ3) is 5.70. The maximum atomic E-state index is 12.7. The molecular weight excluding hydrogens is 452 g/mol. The monoisotopic (exact) mass is 476 g/mol. The predicted octanol–water partition coefficient (Wildman–Crippen LogP) is 3.42. The van der Waals surface area contributed by atoms with Gasteiger partial charge in [0.15, 0.2) is 13.2 Å². The number of hydrogen-bond acceptors (Lipinski definition) is 7. The van der Waals surface area contributed by atoms with Crippen LogP contribution in [0.4, 0.5) is 11.4 Å². The van der Waals surface area contributed by atoms with Crippen molar-refractivity contribution in [1.82, 2.24) is 0 Å². The summed E-state index contributed by atoms with van der Waals surface area (Å²) in [7, 11) is 2.86. The molecule has 0 saturated heterocycles. The van der Waals surface area contributed by atoms with E-state index in [1.165, 1.54) is 7.11 Å². The van der Waals surface area contributed by atoms with Gasteiger partial charge < -0.3 is 29.2 Å². The van der Waals surface area contributed by atoms with Gasteiger partial charge in [-0.05, 0) is 48.0 Å². The van der Waals surface area contributed by atoms with E-state index in [4.69, 9.17) is 18.9 Å². The molecule has 2 amide bonds. The van der Waals surface area contributed by atoms with Gasteiger partial charge >= 0.3 is 5.97 Å². The first kappa shape index (κ1) is 23.6. The average molecular weight is 476 g/mol. The van der Waals surface area contributed by atoms with Gasteiger partial charge in [-0.25, -0.2) is 4.79 Å². The highest BCUT2D eigenvalue weighted by Gasteiger charge is 2.26. The first-order chi connectivity index (χ1) is 17.0. The van der Waals surface area contributed by atoms with Crippen LogP contribution in [0, 0.1) is 0 Å². The van der Waals surface area contributed by atoms with Crippen molar-refractivity contribution in [1.29, 1.82) is 0 Å². The molecule has 0 bridgehead atoms. The summed E-state index contributed by atoms with van der Waals surface area (Å²) < 4.78 is 21.0. The zero-order valence-electron chi connectivity index (χ0n) is 19.3. The minimum Gasteiger partial charge on any atom is -0.497 e. The molecule has 0 spiro atoms. The molecule has 0 unspecified atom stereocenters. The summed E-state index contributed by atoms with van der Waals surface area (Å²) in [6, 6.07) is 18.9. The van der Waals surface area contributed by atoms with Crippen molar-refractivity contribution < 1.29 is 33.3 Å². The molecule has 1 aliphatic heterocycles. The van der Waals surface area contributed by atoms with Gasteiger partial charge in [-0.15, -0.1) is 0 Å². The van der Waals surface area contributed by atoms with E-state index in [1.807, 2.05) is 6.07 Å². The fraction of sp³-hybridized carbons (Fsp3) is 0.192. The number of anilines is 2. The molecule has 9 nitrogen and oxygen atoms in total. The van der Waals surface area contributed by atoms with Crippen LogP contribution in [0.2, 0.25) is 0 Å². The van der Waals surface area contributed by atoms with Crippen molar-refractivity contribution in [2.45, 2.75) is 6.54 Å². The summed E-state index contributed by atoms with van der Waals surface area (Å²) in [5.41, 5.74) is 2.13. The number of methoxy groups -OCH3 is 2. The van der Waals surface area contributed by atoms with Gasteiger partial charge in [0.1, 0.15) is 17.2 Å². The number of hydrogen-bond donors (Lipinski definition) is 1. The summed E-state index contributed by atoms with van der Waals surface area (Å²) in [4.78, 5) is 38.5. The third-order valence-corrected chi connectivity index (χ3v) is 5.29. The van der Waals surface area contributed by atoms with E-state index in [0.717, 1.165) is 5.56 Å². The molecule has 1 heterocycles. The van der Waals surface area contributed by atoms with Crippen LogP contribution >= 0.6 is 0 Å². The van der Waals surface area contributed by atoms with Crippen LogP contribution in [0.1, 0.15) is 15.9 Å². The normalized spacial score (nSPS) is 12.3. The van der Waals surface area contributed by atoms with Crippen molar-refractivity contribution in [3.05, 3.63) is 77.9 Å². The molecule has 0 radical (unpaired) electrons.